The molecule has 2 aromatic carbocycles. The molecule has 0 saturated carbocycles. The monoisotopic (exact) mass is 406 g/mol. The number of hydrogen-bond acceptors (Lipinski definition) is 4. The fourth-order valence-corrected chi connectivity index (χ4v) is 4.70. The number of rotatable bonds is 7. The first-order valence-electron chi connectivity index (χ1n) is 8.79. The Morgan fingerprint density at radius 3 is 2.26 bits per heavy atom. The topological polar surface area (TPSA) is 75.3 Å². The molecule has 0 aliphatic rings. The zero-order valence-electron chi connectivity index (χ0n) is 16.1. The van der Waals surface area contributed by atoms with E-state index in [1.165, 1.54) is 12.1 Å². The molecule has 0 spiro atoms. The summed E-state index contributed by atoms with van der Waals surface area (Å²) in [7, 11) is -3.60. The highest BCUT2D eigenvalue weighted by molar-refractivity contribution is 7.99. The van der Waals surface area contributed by atoms with E-state index < -0.39 is 15.6 Å². The average Bonchev–Trinajstić information content (AvgIpc) is 2.58. The van der Waals surface area contributed by atoms with Gasteiger partial charge in [0, 0.05) is 16.1 Å². The first-order chi connectivity index (χ1) is 12.6. The van der Waals surface area contributed by atoms with Crippen molar-refractivity contribution >= 4 is 33.4 Å². The van der Waals surface area contributed by atoms with Gasteiger partial charge in [0.2, 0.25) is 10.0 Å². The predicted octanol–water partition coefficient (Wildman–Crippen LogP) is 4.52. The average molecular weight is 407 g/mol. The highest BCUT2D eigenvalue weighted by Crippen LogP contribution is 2.24. The summed E-state index contributed by atoms with van der Waals surface area (Å²) in [4.78, 5) is 13.7. The van der Waals surface area contributed by atoms with Crippen LogP contribution in [0, 0.1) is 0 Å². The number of carbonyl (C=O) groups is 1. The molecule has 0 aromatic heterocycles. The molecule has 2 rings (SSSR count). The van der Waals surface area contributed by atoms with Gasteiger partial charge < -0.3 is 5.32 Å². The van der Waals surface area contributed by atoms with Crippen LogP contribution in [0.3, 0.4) is 0 Å². The van der Waals surface area contributed by atoms with Crippen LogP contribution in [0.25, 0.3) is 0 Å². The molecule has 146 valence electrons. The van der Waals surface area contributed by atoms with Gasteiger partial charge in [0.1, 0.15) is 0 Å². The second-order valence-corrected chi connectivity index (χ2v) is 10.00. The van der Waals surface area contributed by atoms with Gasteiger partial charge in [-0.05, 0) is 69.3 Å². The Morgan fingerprint density at radius 2 is 1.67 bits per heavy atom. The summed E-state index contributed by atoms with van der Waals surface area (Å²) in [6.07, 6.45) is 1.03. The quantitative estimate of drug-likeness (QED) is 0.663. The van der Waals surface area contributed by atoms with Gasteiger partial charge in [-0.2, -0.15) is 0 Å². The van der Waals surface area contributed by atoms with Gasteiger partial charge in [0.25, 0.3) is 5.91 Å². The van der Waals surface area contributed by atoms with Gasteiger partial charge in [-0.1, -0.05) is 19.1 Å². The van der Waals surface area contributed by atoms with Crippen LogP contribution in [0.15, 0.2) is 58.3 Å². The number of carbonyl (C=O) groups excluding carboxylic acids is 1. The first-order valence-corrected chi connectivity index (χ1v) is 11.3. The van der Waals surface area contributed by atoms with Crippen molar-refractivity contribution in [2.75, 3.05) is 11.1 Å². The highest BCUT2D eigenvalue weighted by Gasteiger charge is 2.22. The molecule has 1 amide bonds. The maximum absolute atomic E-state index is 12.6. The van der Waals surface area contributed by atoms with Crippen molar-refractivity contribution in [2.45, 2.75) is 49.4 Å². The van der Waals surface area contributed by atoms with Gasteiger partial charge in [0.15, 0.2) is 0 Å². The second kappa shape index (κ2) is 8.91. The van der Waals surface area contributed by atoms with Crippen molar-refractivity contribution < 1.29 is 13.2 Å². The molecule has 0 saturated heterocycles. The second-order valence-electron chi connectivity index (χ2n) is 7.18. The lowest BCUT2D eigenvalue weighted by molar-refractivity contribution is 0.102. The fourth-order valence-electron chi connectivity index (χ4n) is 2.37. The SMILES string of the molecule is CCCSc1ccccc1C(=O)Nc1ccc(S(=O)(=O)NC(C)(C)C)cc1. The van der Waals surface area contributed by atoms with Crippen LogP contribution in [0.5, 0.6) is 0 Å². The smallest absolute Gasteiger partial charge is 0.256 e. The standard InChI is InChI=1S/C20H26N2O3S2/c1-5-14-26-18-9-7-6-8-17(18)19(23)21-15-10-12-16(13-11-15)27(24,25)22-20(2,3)4/h6-13,22H,5,14H2,1-4H3,(H,21,23). The van der Waals surface area contributed by atoms with Gasteiger partial charge in [-0.15, -0.1) is 11.8 Å². The zero-order chi connectivity index (χ0) is 20.1. The molecule has 0 fully saturated rings. The van der Waals surface area contributed by atoms with Crippen LogP contribution in [0.1, 0.15) is 44.5 Å². The largest absolute Gasteiger partial charge is 0.322 e. The van der Waals surface area contributed by atoms with Crippen molar-refractivity contribution in [3.63, 3.8) is 0 Å². The molecule has 27 heavy (non-hydrogen) atoms. The molecular formula is C20H26N2O3S2. The molecule has 0 radical (unpaired) electrons. The summed E-state index contributed by atoms with van der Waals surface area (Å²) in [5, 5.41) is 2.83. The maximum Gasteiger partial charge on any atom is 0.256 e. The molecular weight excluding hydrogens is 380 g/mol. The Bertz CT molecular complexity index is 886. The number of benzene rings is 2. The van der Waals surface area contributed by atoms with Crippen molar-refractivity contribution in [3.8, 4) is 0 Å². The normalized spacial score (nSPS) is 12.0. The van der Waals surface area contributed by atoms with E-state index in [4.69, 9.17) is 0 Å². The number of anilines is 1. The van der Waals surface area contributed by atoms with E-state index >= 15 is 0 Å². The lowest BCUT2D eigenvalue weighted by atomic mass is 10.1. The van der Waals surface area contributed by atoms with E-state index in [1.54, 1.807) is 50.7 Å². The van der Waals surface area contributed by atoms with Gasteiger partial charge in [-0.25, -0.2) is 13.1 Å². The van der Waals surface area contributed by atoms with Gasteiger partial charge in [0.05, 0.1) is 10.5 Å². The lowest BCUT2D eigenvalue weighted by Gasteiger charge is -2.20. The fraction of sp³-hybridized carbons (Fsp3) is 0.350. The number of hydrogen-bond donors (Lipinski definition) is 2. The predicted molar refractivity (Wildman–Crippen MR) is 112 cm³/mol. The van der Waals surface area contributed by atoms with Crippen LogP contribution in [-0.2, 0) is 10.0 Å². The Hall–Kier alpha value is -1.83. The number of sulfonamides is 1. The van der Waals surface area contributed by atoms with Crippen LogP contribution in [0.4, 0.5) is 5.69 Å². The van der Waals surface area contributed by atoms with Crippen LogP contribution in [-0.4, -0.2) is 25.6 Å². The lowest BCUT2D eigenvalue weighted by Crippen LogP contribution is -2.40. The molecule has 2 N–H and O–H groups in total. The zero-order valence-corrected chi connectivity index (χ0v) is 17.7. The number of nitrogens with one attached hydrogen (secondary N) is 2. The van der Waals surface area contributed by atoms with E-state index in [1.807, 2.05) is 18.2 Å². The minimum Gasteiger partial charge on any atom is -0.322 e. The van der Waals surface area contributed by atoms with E-state index in [2.05, 4.69) is 17.0 Å². The Kier molecular flexibility index (Phi) is 7.08. The van der Waals surface area contributed by atoms with E-state index in [0.717, 1.165) is 17.1 Å². The molecule has 0 aliphatic carbocycles. The molecule has 0 heterocycles. The number of amides is 1. The third kappa shape index (κ3) is 6.37. The van der Waals surface area contributed by atoms with E-state index in [-0.39, 0.29) is 10.8 Å². The third-order valence-electron chi connectivity index (χ3n) is 3.46. The maximum atomic E-state index is 12.6. The molecule has 0 unspecified atom stereocenters. The highest BCUT2D eigenvalue weighted by atomic mass is 32.2. The summed E-state index contributed by atoms with van der Waals surface area (Å²) in [6, 6.07) is 13.6. The minimum atomic E-state index is -3.60. The van der Waals surface area contributed by atoms with Gasteiger partial charge in [-0.3, -0.25) is 4.79 Å². The van der Waals surface area contributed by atoms with Gasteiger partial charge >= 0.3 is 0 Å². The molecule has 7 heteroatoms. The molecule has 0 atom stereocenters. The molecule has 2 aromatic rings. The Morgan fingerprint density at radius 1 is 1.04 bits per heavy atom. The van der Waals surface area contributed by atoms with Crippen molar-refractivity contribution in [1.29, 1.82) is 0 Å². The van der Waals surface area contributed by atoms with Crippen molar-refractivity contribution in [3.05, 3.63) is 54.1 Å². The minimum absolute atomic E-state index is 0.161. The Balaban J connectivity index is 2.14. The number of thioether (sulfide) groups is 1. The van der Waals surface area contributed by atoms with E-state index in [9.17, 15) is 13.2 Å². The summed E-state index contributed by atoms with van der Waals surface area (Å²) < 4.78 is 27.3. The summed E-state index contributed by atoms with van der Waals surface area (Å²) in [6.45, 7) is 7.45. The Labute approximate surface area is 166 Å². The van der Waals surface area contributed by atoms with Crippen LogP contribution in [0.2, 0.25) is 0 Å². The molecule has 0 aliphatic heterocycles. The van der Waals surface area contributed by atoms with Crippen LogP contribution >= 0.6 is 11.8 Å². The summed E-state index contributed by atoms with van der Waals surface area (Å²) in [5.41, 5.74) is 0.595. The molecule has 0 bridgehead atoms. The summed E-state index contributed by atoms with van der Waals surface area (Å²) in [5.74, 6) is 0.732. The van der Waals surface area contributed by atoms with Crippen molar-refractivity contribution in [1.82, 2.24) is 4.72 Å². The van der Waals surface area contributed by atoms with Crippen LogP contribution < -0.4 is 10.0 Å². The summed E-state index contributed by atoms with van der Waals surface area (Å²) >= 11 is 1.65. The molecule has 5 nitrogen and oxygen atoms in total. The van der Waals surface area contributed by atoms with Crippen molar-refractivity contribution in [2.24, 2.45) is 0 Å². The third-order valence-corrected chi connectivity index (χ3v) is 6.51. The first kappa shape index (κ1) is 21.5. The van der Waals surface area contributed by atoms with E-state index in [0.29, 0.717) is 11.3 Å².